The van der Waals surface area contributed by atoms with Crippen molar-refractivity contribution in [2.75, 3.05) is 23.7 Å². The van der Waals surface area contributed by atoms with E-state index in [0.29, 0.717) is 58.1 Å². The van der Waals surface area contributed by atoms with Gasteiger partial charge in [0.25, 0.3) is 0 Å². The van der Waals surface area contributed by atoms with Gasteiger partial charge < -0.3 is 10.6 Å². The van der Waals surface area contributed by atoms with Crippen LogP contribution in [-0.4, -0.2) is 41.5 Å². The minimum Gasteiger partial charge on any atom is -0.354 e. The molecule has 0 amide bonds. The van der Waals surface area contributed by atoms with Gasteiger partial charge in [-0.3, -0.25) is 9.59 Å². The number of sulfonamides is 2. The van der Waals surface area contributed by atoms with Crippen LogP contribution in [0.25, 0.3) is 0 Å². The van der Waals surface area contributed by atoms with E-state index in [2.05, 4.69) is 47.8 Å². The smallest absolute Gasteiger partial charge is 0.241 e. The molecule has 324 valence electrons. The molecule has 0 saturated heterocycles. The molecule has 2 unspecified atom stereocenters. The quantitative estimate of drug-likeness (QED) is 0.0604. The Hall–Kier alpha value is -4.36. The van der Waals surface area contributed by atoms with Gasteiger partial charge in [0, 0.05) is 35.6 Å². The van der Waals surface area contributed by atoms with E-state index in [1.54, 1.807) is 64.1 Å². The molecule has 0 radical (unpaired) electrons. The highest BCUT2D eigenvalue weighted by Crippen LogP contribution is 2.42. The first-order valence-corrected chi connectivity index (χ1v) is 24.5. The molecule has 0 saturated carbocycles. The molecule has 4 aromatic rings. The van der Waals surface area contributed by atoms with Crippen molar-refractivity contribution >= 4 is 54.4 Å². The third-order valence-corrected chi connectivity index (χ3v) is 15.6. The van der Waals surface area contributed by atoms with Crippen LogP contribution in [0.15, 0.2) is 58.3 Å². The number of anilines is 4. The topological polar surface area (TPSA) is 151 Å². The van der Waals surface area contributed by atoms with Crippen LogP contribution in [0.3, 0.4) is 0 Å². The molecule has 0 heterocycles. The van der Waals surface area contributed by atoms with Crippen molar-refractivity contribution in [1.29, 1.82) is 0 Å². The lowest BCUT2D eigenvalue weighted by Gasteiger charge is -2.26. The maximum absolute atomic E-state index is 14.5. The van der Waals surface area contributed by atoms with Crippen LogP contribution in [0.1, 0.15) is 144 Å². The van der Waals surface area contributed by atoms with E-state index in [4.69, 9.17) is 0 Å². The lowest BCUT2D eigenvalue weighted by molar-refractivity contribution is 0.0980. The third kappa shape index (κ3) is 9.72. The van der Waals surface area contributed by atoms with Crippen LogP contribution in [0.4, 0.5) is 22.7 Å². The molecule has 1 aliphatic carbocycles. The second-order valence-electron chi connectivity index (χ2n) is 16.6. The van der Waals surface area contributed by atoms with E-state index in [1.807, 2.05) is 26.0 Å². The molecule has 60 heavy (non-hydrogen) atoms. The number of benzene rings is 4. The molecule has 4 aromatic carbocycles. The molecule has 1 aliphatic rings. The average Bonchev–Trinajstić information content (AvgIpc) is 3.19. The largest absolute Gasteiger partial charge is 0.354 e. The van der Waals surface area contributed by atoms with E-state index in [0.717, 1.165) is 62.5 Å². The van der Waals surface area contributed by atoms with E-state index in [-0.39, 0.29) is 55.4 Å². The van der Waals surface area contributed by atoms with Crippen LogP contribution in [-0.2, 0) is 20.0 Å². The monoisotopic (exact) mass is 856 g/mol. The number of unbranched alkanes of at least 4 members (excludes halogenated alkanes) is 2. The Kier molecular flexibility index (Phi) is 15.2. The number of hydrogen-bond acceptors (Lipinski definition) is 8. The van der Waals surface area contributed by atoms with Crippen molar-refractivity contribution in [3.63, 3.8) is 0 Å². The van der Waals surface area contributed by atoms with E-state index >= 15 is 0 Å². The average molecular weight is 857 g/mol. The van der Waals surface area contributed by atoms with E-state index < -0.39 is 20.0 Å². The van der Waals surface area contributed by atoms with Gasteiger partial charge in [-0.25, -0.2) is 26.3 Å². The van der Waals surface area contributed by atoms with Crippen LogP contribution >= 0.6 is 0 Å². The Morgan fingerprint density at radius 2 is 0.900 bits per heavy atom. The number of hydrogen-bond donors (Lipinski definition) is 4. The second kappa shape index (κ2) is 19.6. The second-order valence-corrected chi connectivity index (χ2v) is 20.0. The summed E-state index contributed by atoms with van der Waals surface area (Å²) in [5, 5.41) is 6.81. The van der Waals surface area contributed by atoms with Crippen LogP contribution in [0.2, 0.25) is 0 Å². The predicted octanol–water partition coefficient (Wildman–Crippen LogP) is 10.8. The van der Waals surface area contributed by atoms with Crippen molar-refractivity contribution in [2.24, 2.45) is 11.8 Å². The first-order valence-electron chi connectivity index (χ1n) is 21.5. The zero-order valence-electron chi connectivity index (χ0n) is 37.1. The molecule has 0 aromatic heterocycles. The summed E-state index contributed by atoms with van der Waals surface area (Å²) in [4.78, 5) is 29.4. The first-order chi connectivity index (χ1) is 28.4. The summed E-state index contributed by atoms with van der Waals surface area (Å²) in [6.07, 6.45) is 7.77. The zero-order valence-corrected chi connectivity index (χ0v) is 38.7. The van der Waals surface area contributed by atoms with Gasteiger partial charge in [-0.15, -0.1) is 0 Å². The lowest BCUT2D eigenvalue weighted by Crippen LogP contribution is -2.30. The Labute approximate surface area is 358 Å². The predicted molar refractivity (Wildman–Crippen MR) is 245 cm³/mol. The lowest BCUT2D eigenvalue weighted by atomic mass is 9.82. The van der Waals surface area contributed by atoms with Crippen molar-refractivity contribution in [3.8, 4) is 0 Å². The number of fused-ring (bicyclic) bond motifs is 2. The van der Waals surface area contributed by atoms with Crippen molar-refractivity contribution in [3.05, 3.63) is 104 Å². The first kappa shape index (κ1) is 46.7. The summed E-state index contributed by atoms with van der Waals surface area (Å²) in [5.41, 5.74) is 6.29. The summed E-state index contributed by atoms with van der Waals surface area (Å²) in [5.74, 6) is -0.274. The molecular formula is C48H64N4O6S2. The molecular weight excluding hydrogens is 793 g/mol. The standard InChI is InChI=1S/C48H64N4O6S2/c1-11-15-19-35(13-3)27-49-59(55,56)47-31(7)25-29(5)43(33(47)9)51-39-23-24-40(42-41(39)45(53)37-21-17-18-22-38(37)46(42)54)52-44-30(6)26-32(8)48(34(44)10)60(57,58)50-28-36(14-4)20-16-12-2/h17-18,21-26,35-36,49-52H,11-16,19-20,27-28H2,1-10H3. The SMILES string of the molecule is CCCCC(CC)CNS(=O)(=O)c1c(C)cc(C)c(Nc2ccc(Nc3c(C)cc(C)c(S(=O)(=O)NCC(CC)CCCC)c3C)c3c2C(=O)c2ccccc2C3=O)c1C. The summed E-state index contributed by atoms with van der Waals surface area (Å²) >= 11 is 0. The Morgan fingerprint density at radius 1 is 0.533 bits per heavy atom. The molecule has 5 rings (SSSR count). The summed E-state index contributed by atoms with van der Waals surface area (Å²) < 4.78 is 61.6. The van der Waals surface area contributed by atoms with Gasteiger partial charge in [0.05, 0.1) is 32.3 Å². The highest BCUT2D eigenvalue weighted by Gasteiger charge is 2.35. The summed E-state index contributed by atoms with van der Waals surface area (Å²) in [7, 11) is -7.82. The summed E-state index contributed by atoms with van der Waals surface area (Å²) in [6.45, 7) is 19.9. The van der Waals surface area contributed by atoms with Gasteiger partial charge in [0.1, 0.15) is 0 Å². The van der Waals surface area contributed by atoms with Gasteiger partial charge in [-0.2, -0.15) is 0 Å². The number of aryl methyl sites for hydroxylation is 4. The molecule has 2 atom stereocenters. The van der Waals surface area contributed by atoms with Crippen LogP contribution < -0.4 is 20.1 Å². The van der Waals surface area contributed by atoms with Gasteiger partial charge in [0.15, 0.2) is 11.6 Å². The maximum atomic E-state index is 14.5. The fourth-order valence-electron chi connectivity index (χ4n) is 8.73. The van der Waals surface area contributed by atoms with Gasteiger partial charge in [0.2, 0.25) is 20.0 Å². The Bertz CT molecular complexity index is 2320. The number of carbonyl (C=O) groups is 2. The molecule has 10 nitrogen and oxygen atoms in total. The highest BCUT2D eigenvalue weighted by atomic mass is 32.2. The van der Waals surface area contributed by atoms with E-state index in [9.17, 15) is 26.4 Å². The van der Waals surface area contributed by atoms with Gasteiger partial charge in [-0.1, -0.05) is 103 Å². The highest BCUT2D eigenvalue weighted by molar-refractivity contribution is 7.90. The Morgan fingerprint density at radius 3 is 1.23 bits per heavy atom. The van der Waals surface area contributed by atoms with Crippen molar-refractivity contribution in [1.82, 2.24) is 9.44 Å². The molecule has 12 heteroatoms. The zero-order chi connectivity index (χ0) is 44.1. The normalized spacial score (nSPS) is 13.8. The number of ketones is 2. The Balaban J connectivity index is 1.60. The molecule has 0 spiro atoms. The minimum atomic E-state index is -3.91. The van der Waals surface area contributed by atoms with Gasteiger partial charge in [-0.05, 0) is 112 Å². The fourth-order valence-corrected chi connectivity index (χ4v) is 11.9. The molecule has 0 fully saturated rings. The van der Waals surface area contributed by atoms with E-state index in [1.165, 1.54) is 0 Å². The molecule has 0 aliphatic heterocycles. The van der Waals surface area contributed by atoms with Crippen LogP contribution in [0.5, 0.6) is 0 Å². The minimum absolute atomic E-state index is 0.141. The van der Waals surface area contributed by atoms with Crippen molar-refractivity contribution < 1.29 is 26.4 Å². The van der Waals surface area contributed by atoms with Gasteiger partial charge >= 0.3 is 0 Å². The third-order valence-electron chi connectivity index (χ3n) is 12.1. The fraction of sp³-hybridized carbons (Fsp3) is 0.458. The maximum Gasteiger partial charge on any atom is 0.241 e. The molecule has 4 N–H and O–H groups in total. The van der Waals surface area contributed by atoms with Crippen molar-refractivity contribution in [2.45, 2.75) is 130 Å². The summed E-state index contributed by atoms with van der Waals surface area (Å²) in [6, 6.07) is 13.8. The van der Waals surface area contributed by atoms with Crippen LogP contribution in [0, 0.1) is 53.4 Å². The number of carbonyl (C=O) groups excluding carboxylic acids is 2. The molecule has 0 bridgehead atoms. The number of rotatable bonds is 20. The number of nitrogens with one attached hydrogen (secondary N) is 4.